The maximum Gasteiger partial charge on any atom is 0.131 e. The largest absolute Gasteiger partial charge is 0.378 e. The average molecular weight is 413 g/mol. The van der Waals surface area contributed by atoms with Gasteiger partial charge in [-0.1, -0.05) is 19.9 Å². The molecular formula is C23H36N6O. The Morgan fingerprint density at radius 1 is 1.13 bits per heavy atom. The van der Waals surface area contributed by atoms with Crippen molar-refractivity contribution in [3.05, 3.63) is 41.3 Å². The highest BCUT2D eigenvalue weighted by Crippen LogP contribution is 2.29. The van der Waals surface area contributed by atoms with Gasteiger partial charge < -0.3 is 15.0 Å². The molecule has 1 N–H and O–H groups in total. The second kappa shape index (κ2) is 9.90. The summed E-state index contributed by atoms with van der Waals surface area (Å²) in [7, 11) is 2.08. The summed E-state index contributed by atoms with van der Waals surface area (Å²) < 4.78 is 7.64. The first-order chi connectivity index (χ1) is 14.6. The molecule has 0 bridgehead atoms. The van der Waals surface area contributed by atoms with Crippen molar-refractivity contribution in [1.29, 1.82) is 0 Å². The molecule has 2 aromatic heterocycles. The quantitative estimate of drug-likeness (QED) is 0.754. The highest BCUT2D eigenvalue weighted by molar-refractivity contribution is 5.51. The topological polar surface area (TPSA) is 58.5 Å². The molecule has 2 aliphatic rings. The number of hydrogen-bond acceptors (Lipinski definition) is 6. The minimum absolute atomic E-state index is 0.419. The van der Waals surface area contributed by atoms with E-state index in [2.05, 4.69) is 57.8 Å². The van der Waals surface area contributed by atoms with Gasteiger partial charge in [0.2, 0.25) is 0 Å². The molecular weight excluding hydrogens is 376 g/mol. The van der Waals surface area contributed by atoms with Crippen molar-refractivity contribution in [3.8, 4) is 0 Å². The van der Waals surface area contributed by atoms with Crippen molar-refractivity contribution in [1.82, 2.24) is 25.0 Å². The number of anilines is 1. The van der Waals surface area contributed by atoms with Gasteiger partial charge in [-0.25, -0.2) is 0 Å². The molecule has 7 heteroatoms. The third-order valence-corrected chi connectivity index (χ3v) is 6.27. The molecule has 4 heterocycles. The molecule has 0 unspecified atom stereocenters. The fourth-order valence-electron chi connectivity index (χ4n) is 4.65. The lowest BCUT2D eigenvalue weighted by atomic mass is 10.0. The maximum absolute atomic E-state index is 5.57. The number of aryl methyl sites for hydroxylation is 1. The molecule has 0 radical (unpaired) electrons. The smallest absolute Gasteiger partial charge is 0.131 e. The van der Waals surface area contributed by atoms with Gasteiger partial charge in [0.25, 0.3) is 0 Å². The zero-order valence-corrected chi connectivity index (χ0v) is 18.7. The van der Waals surface area contributed by atoms with Crippen LogP contribution in [0.2, 0.25) is 0 Å². The second-order valence-electron chi connectivity index (χ2n) is 8.82. The summed E-state index contributed by atoms with van der Waals surface area (Å²) in [6.07, 6.45) is 4.24. The predicted octanol–water partition coefficient (Wildman–Crippen LogP) is 2.53. The molecule has 4 rings (SSSR count). The highest BCUT2D eigenvalue weighted by Gasteiger charge is 2.26. The van der Waals surface area contributed by atoms with Crippen molar-refractivity contribution >= 4 is 5.82 Å². The molecule has 164 valence electrons. The van der Waals surface area contributed by atoms with E-state index in [9.17, 15) is 0 Å². The molecule has 2 aliphatic heterocycles. The Kier molecular flexibility index (Phi) is 7.02. The third-order valence-electron chi connectivity index (χ3n) is 6.27. The normalized spacial score (nSPS) is 19.0. The Morgan fingerprint density at radius 3 is 2.57 bits per heavy atom. The van der Waals surface area contributed by atoms with Crippen LogP contribution in [0.25, 0.3) is 0 Å². The molecule has 7 nitrogen and oxygen atoms in total. The number of nitrogens with zero attached hydrogens (tertiary/aromatic N) is 5. The lowest BCUT2D eigenvalue weighted by Gasteiger charge is -2.33. The van der Waals surface area contributed by atoms with Gasteiger partial charge in [0.05, 0.1) is 24.6 Å². The van der Waals surface area contributed by atoms with Crippen LogP contribution in [0.15, 0.2) is 24.4 Å². The molecule has 0 aliphatic carbocycles. The number of morpholine rings is 1. The van der Waals surface area contributed by atoms with Crippen molar-refractivity contribution in [2.45, 2.75) is 51.7 Å². The Bertz CT molecular complexity index is 792. The van der Waals surface area contributed by atoms with E-state index in [1.807, 2.05) is 12.3 Å². The number of ether oxygens (including phenoxy) is 1. The first-order valence-corrected chi connectivity index (χ1v) is 11.4. The third kappa shape index (κ3) is 5.02. The van der Waals surface area contributed by atoms with E-state index in [1.54, 1.807) is 0 Å². The van der Waals surface area contributed by atoms with Gasteiger partial charge in [0.1, 0.15) is 5.82 Å². The molecule has 2 fully saturated rings. The van der Waals surface area contributed by atoms with Crippen LogP contribution in [0.1, 0.15) is 49.6 Å². The van der Waals surface area contributed by atoms with Crippen molar-refractivity contribution in [2.75, 3.05) is 44.3 Å². The molecule has 30 heavy (non-hydrogen) atoms. The Hall–Kier alpha value is -1.96. The van der Waals surface area contributed by atoms with Gasteiger partial charge in [0, 0.05) is 64.1 Å². The van der Waals surface area contributed by atoms with E-state index in [1.165, 1.54) is 29.9 Å². The van der Waals surface area contributed by atoms with Crippen LogP contribution in [-0.2, 0) is 24.9 Å². The minimum Gasteiger partial charge on any atom is -0.378 e. The van der Waals surface area contributed by atoms with E-state index in [0.29, 0.717) is 12.0 Å². The zero-order valence-electron chi connectivity index (χ0n) is 18.7. The predicted molar refractivity (Wildman–Crippen MR) is 120 cm³/mol. The lowest BCUT2D eigenvalue weighted by Crippen LogP contribution is -2.42. The summed E-state index contributed by atoms with van der Waals surface area (Å²) in [4.78, 5) is 9.43. The van der Waals surface area contributed by atoms with Crippen LogP contribution in [-0.4, -0.2) is 65.1 Å². The maximum atomic E-state index is 5.57. The number of hydrogen-bond donors (Lipinski definition) is 1. The highest BCUT2D eigenvalue weighted by atomic mass is 16.5. The lowest BCUT2D eigenvalue weighted by molar-refractivity contribution is 0.122. The van der Waals surface area contributed by atoms with Crippen molar-refractivity contribution < 1.29 is 4.74 Å². The molecule has 0 saturated carbocycles. The average Bonchev–Trinajstić information content (AvgIpc) is 3.11. The Morgan fingerprint density at radius 2 is 1.90 bits per heavy atom. The van der Waals surface area contributed by atoms with Crippen LogP contribution in [0.5, 0.6) is 0 Å². The first-order valence-electron chi connectivity index (χ1n) is 11.4. The number of piperidine rings is 1. The molecule has 0 amide bonds. The second-order valence-corrected chi connectivity index (χ2v) is 8.82. The van der Waals surface area contributed by atoms with E-state index < -0.39 is 0 Å². The Labute approximate surface area is 180 Å². The van der Waals surface area contributed by atoms with Crippen molar-refractivity contribution in [3.63, 3.8) is 0 Å². The van der Waals surface area contributed by atoms with Gasteiger partial charge in [-0.2, -0.15) is 5.10 Å². The summed E-state index contributed by atoms with van der Waals surface area (Å²) in [5, 5.41) is 8.74. The van der Waals surface area contributed by atoms with Crippen LogP contribution in [0, 0.1) is 0 Å². The summed E-state index contributed by atoms with van der Waals surface area (Å²) in [5.74, 6) is 1.69. The minimum atomic E-state index is 0.419. The van der Waals surface area contributed by atoms with Gasteiger partial charge >= 0.3 is 0 Å². The Balaban J connectivity index is 1.36. The molecule has 2 aromatic rings. The van der Waals surface area contributed by atoms with E-state index in [4.69, 9.17) is 9.84 Å². The van der Waals surface area contributed by atoms with E-state index in [-0.39, 0.29) is 0 Å². The first kappa shape index (κ1) is 21.3. The van der Waals surface area contributed by atoms with Crippen LogP contribution in [0.4, 0.5) is 5.82 Å². The number of aromatic nitrogens is 3. The summed E-state index contributed by atoms with van der Waals surface area (Å²) in [6.45, 7) is 12.0. The van der Waals surface area contributed by atoms with Gasteiger partial charge in [-0.05, 0) is 30.9 Å². The summed E-state index contributed by atoms with van der Waals surface area (Å²) >= 11 is 0. The van der Waals surface area contributed by atoms with E-state index in [0.717, 1.165) is 58.2 Å². The monoisotopic (exact) mass is 412 g/mol. The number of nitrogens with one attached hydrogen (secondary N) is 1. The van der Waals surface area contributed by atoms with Gasteiger partial charge in [0.15, 0.2) is 0 Å². The van der Waals surface area contributed by atoms with Gasteiger partial charge in [-0.15, -0.1) is 0 Å². The van der Waals surface area contributed by atoms with Gasteiger partial charge in [-0.3, -0.25) is 14.6 Å². The number of rotatable bonds is 7. The fraction of sp³-hybridized carbons (Fsp3) is 0.652. The zero-order chi connectivity index (χ0) is 20.9. The molecule has 0 spiro atoms. The SMILES string of the molecule is CC(C)c1nn(C)c(N2CCOCC2)c1CNC1CCN(Cc2ccccn2)CC1. The molecule has 0 aromatic carbocycles. The van der Waals surface area contributed by atoms with Crippen LogP contribution < -0.4 is 10.2 Å². The number of likely N-dealkylation sites (tertiary alicyclic amines) is 1. The fourth-order valence-corrected chi connectivity index (χ4v) is 4.65. The standard InChI is InChI=1S/C23H36N6O/c1-18(2)22-21(23(27(3)26-22)29-12-14-30-15-13-29)16-25-19-7-10-28(11-8-19)17-20-6-4-5-9-24-20/h4-6,9,18-19,25H,7-8,10-17H2,1-3H3. The van der Waals surface area contributed by atoms with Crippen LogP contribution >= 0.6 is 0 Å². The summed E-state index contributed by atoms with van der Waals surface area (Å²) in [6, 6.07) is 6.73. The summed E-state index contributed by atoms with van der Waals surface area (Å²) in [5.41, 5.74) is 3.75. The number of pyridine rings is 1. The van der Waals surface area contributed by atoms with E-state index >= 15 is 0 Å². The van der Waals surface area contributed by atoms with Crippen LogP contribution in [0.3, 0.4) is 0 Å². The molecule has 0 atom stereocenters. The van der Waals surface area contributed by atoms with Crippen molar-refractivity contribution in [2.24, 2.45) is 7.05 Å². The molecule has 2 saturated heterocycles.